The Balaban J connectivity index is 1.61. The van der Waals surface area contributed by atoms with E-state index in [9.17, 15) is 4.79 Å². The van der Waals surface area contributed by atoms with E-state index in [1.807, 2.05) is 75.4 Å². The normalized spacial score (nSPS) is 13.1. The van der Waals surface area contributed by atoms with Gasteiger partial charge in [-0.25, -0.2) is 4.79 Å². The molecule has 0 unspecified atom stereocenters. The number of hydrogen-bond donors (Lipinski definition) is 1. The first-order valence-corrected chi connectivity index (χ1v) is 8.07. The molecule has 0 saturated heterocycles. The number of benzene rings is 2. The molecule has 5 heteroatoms. The number of ether oxygens (including phenoxy) is 3. The summed E-state index contributed by atoms with van der Waals surface area (Å²) < 4.78 is 15.9. The van der Waals surface area contributed by atoms with Crippen LogP contribution in [0, 0.1) is 0 Å². The van der Waals surface area contributed by atoms with Gasteiger partial charge in [-0.15, -0.1) is 0 Å². The summed E-state index contributed by atoms with van der Waals surface area (Å²) in [7, 11) is 0. The second-order valence-corrected chi connectivity index (χ2v) is 6.69. The van der Waals surface area contributed by atoms with Crippen molar-refractivity contribution >= 4 is 23.9 Å². The Morgan fingerprint density at radius 1 is 1.00 bits per heavy atom. The zero-order chi connectivity index (χ0) is 17.9. The van der Waals surface area contributed by atoms with Crippen LogP contribution in [0.1, 0.15) is 31.9 Å². The largest absolute Gasteiger partial charge is 0.454 e. The van der Waals surface area contributed by atoms with E-state index in [4.69, 9.17) is 14.2 Å². The quantitative estimate of drug-likeness (QED) is 0.805. The molecule has 25 heavy (non-hydrogen) atoms. The molecule has 0 spiro atoms. The van der Waals surface area contributed by atoms with Gasteiger partial charge in [-0.2, -0.15) is 0 Å². The first-order chi connectivity index (χ1) is 11.9. The third kappa shape index (κ3) is 4.76. The highest BCUT2D eigenvalue weighted by molar-refractivity contribution is 5.85. The monoisotopic (exact) mass is 339 g/mol. The van der Waals surface area contributed by atoms with Crippen molar-refractivity contribution in [3.63, 3.8) is 0 Å². The Kier molecular flexibility index (Phi) is 4.65. The molecule has 0 aliphatic carbocycles. The predicted octanol–water partition coefficient (Wildman–Crippen LogP) is 4.93. The number of carbonyl (C=O) groups excluding carboxylic acids is 1. The van der Waals surface area contributed by atoms with Crippen LogP contribution < -0.4 is 14.8 Å². The van der Waals surface area contributed by atoms with Gasteiger partial charge in [-0.1, -0.05) is 30.4 Å². The van der Waals surface area contributed by atoms with Crippen LogP contribution in [0.4, 0.5) is 10.5 Å². The summed E-state index contributed by atoms with van der Waals surface area (Å²) >= 11 is 0. The van der Waals surface area contributed by atoms with E-state index in [-0.39, 0.29) is 6.79 Å². The summed E-state index contributed by atoms with van der Waals surface area (Å²) in [5, 5.41) is 2.71. The SMILES string of the molecule is CC(C)(C)OC(=O)Nc1ccc(/C=C/c2ccc3c(c2)OCO3)cc1. The van der Waals surface area contributed by atoms with Gasteiger partial charge in [-0.05, 0) is 56.2 Å². The molecule has 0 saturated carbocycles. The van der Waals surface area contributed by atoms with Crippen molar-refractivity contribution in [2.24, 2.45) is 0 Å². The molecular weight excluding hydrogens is 318 g/mol. The molecule has 1 aliphatic heterocycles. The summed E-state index contributed by atoms with van der Waals surface area (Å²) in [4.78, 5) is 11.7. The molecule has 1 heterocycles. The number of nitrogens with one attached hydrogen (secondary N) is 1. The molecule has 5 nitrogen and oxygen atoms in total. The fraction of sp³-hybridized carbons (Fsp3) is 0.250. The first kappa shape index (κ1) is 16.9. The van der Waals surface area contributed by atoms with Crippen LogP contribution in [0.5, 0.6) is 11.5 Å². The molecule has 2 aromatic carbocycles. The minimum Gasteiger partial charge on any atom is -0.454 e. The third-order valence-electron chi connectivity index (χ3n) is 3.42. The highest BCUT2D eigenvalue weighted by Crippen LogP contribution is 2.33. The van der Waals surface area contributed by atoms with Crippen LogP contribution in [-0.4, -0.2) is 18.5 Å². The van der Waals surface area contributed by atoms with Crippen molar-refractivity contribution < 1.29 is 19.0 Å². The molecule has 1 N–H and O–H groups in total. The van der Waals surface area contributed by atoms with Crippen molar-refractivity contribution in [3.8, 4) is 11.5 Å². The molecular formula is C20H21NO4. The van der Waals surface area contributed by atoms with Gasteiger partial charge in [0.2, 0.25) is 6.79 Å². The minimum atomic E-state index is -0.516. The lowest BCUT2D eigenvalue weighted by atomic mass is 10.1. The van der Waals surface area contributed by atoms with E-state index in [0.29, 0.717) is 5.69 Å². The van der Waals surface area contributed by atoms with E-state index in [1.165, 1.54) is 0 Å². The van der Waals surface area contributed by atoms with Crippen LogP contribution in [-0.2, 0) is 4.74 Å². The van der Waals surface area contributed by atoms with E-state index in [2.05, 4.69) is 5.32 Å². The summed E-state index contributed by atoms with van der Waals surface area (Å²) in [6.07, 6.45) is 3.53. The lowest BCUT2D eigenvalue weighted by Gasteiger charge is -2.19. The molecule has 0 fully saturated rings. The number of rotatable bonds is 3. The van der Waals surface area contributed by atoms with Gasteiger partial charge in [0.1, 0.15) is 5.60 Å². The number of hydrogen-bond acceptors (Lipinski definition) is 4. The summed E-state index contributed by atoms with van der Waals surface area (Å²) in [5.74, 6) is 1.54. The van der Waals surface area contributed by atoms with Gasteiger partial charge in [0.25, 0.3) is 0 Å². The Hall–Kier alpha value is -2.95. The smallest absolute Gasteiger partial charge is 0.412 e. The average Bonchev–Trinajstić information content (AvgIpc) is 3.00. The van der Waals surface area contributed by atoms with Crippen LogP contribution in [0.2, 0.25) is 0 Å². The molecule has 2 aromatic rings. The molecule has 0 radical (unpaired) electrons. The van der Waals surface area contributed by atoms with E-state index < -0.39 is 11.7 Å². The van der Waals surface area contributed by atoms with Gasteiger partial charge in [-0.3, -0.25) is 5.32 Å². The van der Waals surface area contributed by atoms with Crippen LogP contribution in [0.15, 0.2) is 42.5 Å². The lowest BCUT2D eigenvalue weighted by Crippen LogP contribution is -2.27. The third-order valence-corrected chi connectivity index (χ3v) is 3.42. The Morgan fingerprint density at radius 3 is 2.36 bits per heavy atom. The van der Waals surface area contributed by atoms with Crippen molar-refractivity contribution in [1.82, 2.24) is 0 Å². The Morgan fingerprint density at radius 2 is 1.64 bits per heavy atom. The van der Waals surface area contributed by atoms with Gasteiger partial charge in [0.05, 0.1) is 0 Å². The topological polar surface area (TPSA) is 56.8 Å². The number of anilines is 1. The first-order valence-electron chi connectivity index (χ1n) is 8.07. The fourth-order valence-electron chi connectivity index (χ4n) is 2.31. The maximum absolute atomic E-state index is 11.7. The maximum Gasteiger partial charge on any atom is 0.412 e. The number of amides is 1. The van der Waals surface area contributed by atoms with Crippen LogP contribution >= 0.6 is 0 Å². The van der Waals surface area contributed by atoms with E-state index in [0.717, 1.165) is 22.6 Å². The highest BCUT2D eigenvalue weighted by atomic mass is 16.7. The molecule has 0 atom stereocenters. The maximum atomic E-state index is 11.7. The number of fused-ring (bicyclic) bond motifs is 1. The standard InChI is InChI=1S/C20H21NO4/c1-20(2,3)25-19(22)21-16-9-6-14(7-10-16)4-5-15-8-11-17-18(12-15)24-13-23-17/h4-12H,13H2,1-3H3,(H,21,22)/b5-4+. The van der Waals surface area contributed by atoms with E-state index in [1.54, 1.807) is 0 Å². The summed E-state index contributed by atoms with van der Waals surface area (Å²) in [6.45, 7) is 5.76. The van der Waals surface area contributed by atoms with Gasteiger partial charge in [0.15, 0.2) is 11.5 Å². The van der Waals surface area contributed by atoms with Crippen molar-refractivity contribution in [3.05, 3.63) is 53.6 Å². The fourth-order valence-corrected chi connectivity index (χ4v) is 2.31. The van der Waals surface area contributed by atoms with Crippen LogP contribution in [0.3, 0.4) is 0 Å². The molecule has 130 valence electrons. The Bertz CT molecular complexity index is 788. The molecule has 0 aromatic heterocycles. The second kappa shape index (κ2) is 6.89. The lowest BCUT2D eigenvalue weighted by molar-refractivity contribution is 0.0636. The average molecular weight is 339 g/mol. The van der Waals surface area contributed by atoms with Crippen LogP contribution in [0.25, 0.3) is 12.2 Å². The van der Waals surface area contributed by atoms with E-state index >= 15 is 0 Å². The molecule has 1 aliphatic rings. The second-order valence-electron chi connectivity index (χ2n) is 6.69. The van der Waals surface area contributed by atoms with Crippen molar-refractivity contribution in [1.29, 1.82) is 0 Å². The minimum absolute atomic E-state index is 0.272. The Labute approximate surface area is 147 Å². The predicted molar refractivity (Wildman–Crippen MR) is 97.8 cm³/mol. The zero-order valence-electron chi connectivity index (χ0n) is 14.5. The number of carbonyl (C=O) groups is 1. The highest BCUT2D eigenvalue weighted by Gasteiger charge is 2.16. The van der Waals surface area contributed by atoms with Gasteiger partial charge < -0.3 is 14.2 Å². The molecule has 3 rings (SSSR count). The molecule has 0 bridgehead atoms. The summed E-state index contributed by atoms with van der Waals surface area (Å²) in [5.41, 5.74) is 2.22. The van der Waals surface area contributed by atoms with Crippen molar-refractivity contribution in [2.75, 3.05) is 12.1 Å². The van der Waals surface area contributed by atoms with Gasteiger partial charge >= 0.3 is 6.09 Å². The zero-order valence-corrected chi connectivity index (χ0v) is 14.5. The van der Waals surface area contributed by atoms with Crippen molar-refractivity contribution in [2.45, 2.75) is 26.4 Å². The summed E-state index contributed by atoms with van der Waals surface area (Å²) in [6, 6.07) is 13.3. The molecule has 1 amide bonds. The van der Waals surface area contributed by atoms with Gasteiger partial charge in [0, 0.05) is 5.69 Å².